The number of hydrogen-bond donors (Lipinski definition) is 1. The highest BCUT2D eigenvalue weighted by Crippen LogP contribution is 2.46. The third-order valence-electron chi connectivity index (χ3n) is 4.12. The summed E-state index contributed by atoms with van der Waals surface area (Å²) < 4.78 is 88.8. The predicted molar refractivity (Wildman–Crippen MR) is 80.7 cm³/mol. The number of rotatable bonds is 4. The molecule has 13 heteroatoms. The minimum Gasteiger partial charge on any atom is -0.408 e. The molecule has 0 bridgehead atoms. The van der Waals surface area contributed by atoms with Crippen molar-refractivity contribution in [2.45, 2.75) is 18.5 Å². The summed E-state index contributed by atoms with van der Waals surface area (Å²) in [5.41, 5.74) is 0.423. The van der Waals surface area contributed by atoms with E-state index in [-0.39, 0.29) is 31.8 Å². The Balaban J connectivity index is 2.11. The fraction of sp³-hybridized carbons (Fsp3) is 0.467. The maximum atomic E-state index is 13.4. The lowest BCUT2D eigenvalue weighted by molar-refractivity contribution is -0.143. The molecule has 1 atom stereocenters. The minimum absolute atomic E-state index is 0.0479. The molecule has 2 fully saturated rings. The van der Waals surface area contributed by atoms with Gasteiger partial charge in [-0.05, 0) is 12.1 Å². The van der Waals surface area contributed by atoms with Crippen molar-refractivity contribution in [2.75, 3.05) is 31.1 Å². The van der Waals surface area contributed by atoms with Crippen LogP contribution in [-0.2, 0) is 17.1 Å². The van der Waals surface area contributed by atoms with Crippen molar-refractivity contribution in [3.05, 3.63) is 23.3 Å². The molecule has 3 amide bonds. The SMILES string of the molecule is NC(=O)Oc1c(N2CCN(CC3CO3)C2=O)cc(C(F)(F)F)cc1C(F)(F)F. The summed E-state index contributed by atoms with van der Waals surface area (Å²) in [5.74, 6) is -1.26. The number of alkyl halides is 6. The van der Waals surface area contributed by atoms with E-state index < -0.39 is 47.0 Å². The van der Waals surface area contributed by atoms with E-state index in [4.69, 9.17) is 10.5 Å². The number of carbonyl (C=O) groups excluding carboxylic acids is 2. The Labute approximate surface area is 153 Å². The largest absolute Gasteiger partial charge is 0.420 e. The molecule has 3 rings (SSSR count). The van der Waals surface area contributed by atoms with Crippen molar-refractivity contribution in [1.29, 1.82) is 0 Å². The molecule has 1 aromatic rings. The normalized spacial score (nSPS) is 19.9. The maximum Gasteiger partial charge on any atom is 0.420 e. The summed E-state index contributed by atoms with van der Waals surface area (Å²) in [6.45, 7) is 0.389. The van der Waals surface area contributed by atoms with Gasteiger partial charge in [-0.1, -0.05) is 0 Å². The molecule has 2 N–H and O–H groups in total. The Bertz CT molecular complexity index is 806. The van der Waals surface area contributed by atoms with Crippen LogP contribution in [-0.4, -0.2) is 49.4 Å². The van der Waals surface area contributed by atoms with Crippen LogP contribution in [0.5, 0.6) is 5.75 Å². The van der Waals surface area contributed by atoms with Crippen LogP contribution in [0.25, 0.3) is 0 Å². The molecule has 1 aromatic carbocycles. The molecular formula is C15H13F6N3O4. The van der Waals surface area contributed by atoms with Gasteiger partial charge in [-0.3, -0.25) is 4.90 Å². The molecule has 154 valence electrons. The Morgan fingerprint density at radius 1 is 1.18 bits per heavy atom. The number of halogens is 6. The molecule has 0 radical (unpaired) electrons. The summed E-state index contributed by atoms with van der Waals surface area (Å²) in [6.07, 6.45) is -12.3. The Kier molecular flexibility index (Phi) is 4.81. The second-order valence-corrected chi connectivity index (χ2v) is 6.12. The van der Waals surface area contributed by atoms with Gasteiger partial charge in [0.25, 0.3) is 0 Å². The van der Waals surface area contributed by atoms with Crippen LogP contribution in [0.3, 0.4) is 0 Å². The summed E-state index contributed by atoms with van der Waals surface area (Å²) in [6, 6.07) is -0.710. The second kappa shape index (κ2) is 6.72. The third-order valence-corrected chi connectivity index (χ3v) is 4.12. The van der Waals surface area contributed by atoms with Crippen molar-refractivity contribution < 1.29 is 45.4 Å². The Morgan fingerprint density at radius 2 is 1.82 bits per heavy atom. The van der Waals surface area contributed by atoms with Crippen molar-refractivity contribution in [3.63, 3.8) is 0 Å². The van der Waals surface area contributed by atoms with Gasteiger partial charge in [0.2, 0.25) is 0 Å². The molecule has 2 heterocycles. The predicted octanol–water partition coefficient (Wildman–Crippen LogP) is 2.82. The van der Waals surface area contributed by atoms with Gasteiger partial charge in [0, 0.05) is 13.1 Å². The molecule has 28 heavy (non-hydrogen) atoms. The molecule has 2 aliphatic rings. The Morgan fingerprint density at radius 3 is 2.32 bits per heavy atom. The second-order valence-electron chi connectivity index (χ2n) is 6.12. The van der Waals surface area contributed by atoms with Crippen molar-refractivity contribution in [3.8, 4) is 5.75 Å². The average molecular weight is 413 g/mol. The first-order valence-corrected chi connectivity index (χ1v) is 7.85. The fourth-order valence-corrected chi connectivity index (χ4v) is 2.79. The zero-order valence-electron chi connectivity index (χ0n) is 13.9. The zero-order valence-corrected chi connectivity index (χ0v) is 13.9. The van der Waals surface area contributed by atoms with Crippen LogP contribution in [0.1, 0.15) is 11.1 Å². The van der Waals surface area contributed by atoms with Gasteiger partial charge in [-0.15, -0.1) is 0 Å². The highest BCUT2D eigenvalue weighted by atomic mass is 19.4. The van der Waals surface area contributed by atoms with E-state index in [1.807, 2.05) is 0 Å². The summed E-state index contributed by atoms with van der Waals surface area (Å²) in [7, 11) is 0. The molecule has 0 aliphatic carbocycles. The molecule has 0 spiro atoms. The number of nitrogens with zero attached hydrogens (tertiary/aromatic N) is 2. The lowest BCUT2D eigenvalue weighted by Crippen LogP contribution is -2.35. The van der Waals surface area contributed by atoms with E-state index in [9.17, 15) is 35.9 Å². The lowest BCUT2D eigenvalue weighted by atomic mass is 10.1. The average Bonchev–Trinajstić information content (AvgIpc) is 3.29. The molecule has 0 aromatic heterocycles. The van der Waals surface area contributed by atoms with Gasteiger partial charge in [-0.25, -0.2) is 9.59 Å². The number of nitrogens with two attached hydrogens (primary N) is 1. The summed E-state index contributed by atoms with van der Waals surface area (Å²) in [4.78, 5) is 25.5. The van der Waals surface area contributed by atoms with E-state index in [0.717, 1.165) is 0 Å². The fourth-order valence-electron chi connectivity index (χ4n) is 2.79. The van der Waals surface area contributed by atoms with Crippen LogP contribution in [0.4, 0.5) is 41.6 Å². The number of benzene rings is 1. The van der Waals surface area contributed by atoms with Gasteiger partial charge in [0.05, 0.1) is 30.5 Å². The molecule has 1 unspecified atom stereocenters. The van der Waals surface area contributed by atoms with E-state index in [1.165, 1.54) is 4.90 Å². The van der Waals surface area contributed by atoms with Crippen molar-refractivity contribution in [1.82, 2.24) is 4.90 Å². The standard InChI is InChI=1S/C15H13F6N3O4/c16-14(17,18)7-3-9(15(19,20)21)11(28-12(22)25)10(4-7)24-2-1-23(13(24)26)5-8-6-27-8/h3-4,8H,1-2,5-6H2,(H2,22,25). The van der Waals surface area contributed by atoms with Crippen LogP contribution in [0.15, 0.2) is 12.1 Å². The topological polar surface area (TPSA) is 88.4 Å². The monoisotopic (exact) mass is 413 g/mol. The molecular weight excluding hydrogens is 400 g/mol. The zero-order chi connectivity index (χ0) is 20.9. The molecule has 0 saturated carbocycles. The maximum absolute atomic E-state index is 13.4. The van der Waals surface area contributed by atoms with E-state index in [1.54, 1.807) is 0 Å². The quantitative estimate of drug-likeness (QED) is 0.608. The Hall–Kier alpha value is -2.70. The van der Waals surface area contributed by atoms with Crippen LogP contribution >= 0.6 is 0 Å². The first kappa shape index (κ1) is 20.0. The lowest BCUT2D eigenvalue weighted by Gasteiger charge is -2.24. The summed E-state index contributed by atoms with van der Waals surface area (Å²) >= 11 is 0. The van der Waals surface area contributed by atoms with E-state index in [0.29, 0.717) is 17.6 Å². The summed E-state index contributed by atoms with van der Waals surface area (Å²) in [5, 5.41) is 0. The number of primary amides is 1. The van der Waals surface area contributed by atoms with Crippen molar-refractivity contribution >= 4 is 17.8 Å². The van der Waals surface area contributed by atoms with Gasteiger partial charge in [-0.2, -0.15) is 26.3 Å². The smallest absolute Gasteiger partial charge is 0.408 e. The first-order chi connectivity index (χ1) is 12.9. The molecule has 2 aliphatic heterocycles. The number of ether oxygens (including phenoxy) is 2. The van der Waals surface area contributed by atoms with Gasteiger partial charge in [0.15, 0.2) is 5.75 Å². The van der Waals surface area contributed by atoms with E-state index >= 15 is 0 Å². The van der Waals surface area contributed by atoms with Crippen LogP contribution < -0.4 is 15.4 Å². The highest BCUT2D eigenvalue weighted by Gasteiger charge is 2.44. The third kappa shape index (κ3) is 4.08. The highest BCUT2D eigenvalue weighted by molar-refractivity contribution is 5.96. The van der Waals surface area contributed by atoms with E-state index in [2.05, 4.69) is 4.74 Å². The van der Waals surface area contributed by atoms with Gasteiger partial charge < -0.3 is 20.1 Å². The molecule has 7 nitrogen and oxygen atoms in total. The number of anilines is 1. The number of hydrogen-bond acceptors (Lipinski definition) is 4. The van der Waals surface area contributed by atoms with Gasteiger partial charge >= 0.3 is 24.5 Å². The van der Waals surface area contributed by atoms with Crippen LogP contribution in [0, 0.1) is 0 Å². The molecule has 2 saturated heterocycles. The number of amides is 3. The number of urea groups is 1. The van der Waals surface area contributed by atoms with Crippen LogP contribution in [0.2, 0.25) is 0 Å². The minimum atomic E-state index is -5.30. The van der Waals surface area contributed by atoms with Crippen molar-refractivity contribution in [2.24, 2.45) is 5.73 Å². The number of epoxide rings is 1. The van der Waals surface area contributed by atoms with Gasteiger partial charge in [0.1, 0.15) is 5.56 Å². The number of carbonyl (C=O) groups is 2. The first-order valence-electron chi connectivity index (χ1n) is 7.85.